The van der Waals surface area contributed by atoms with Gasteiger partial charge in [0.2, 0.25) is 11.2 Å². The van der Waals surface area contributed by atoms with Crippen molar-refractivity contribution in [3.05, 3.63) is 71.0 Å². The van der Waals surface area contributed by atoms with Crippen molar-refractivity contribution in [2.24, 2.45) is 0 Å². The minimum Gasteiger partial charge on any atom is -0.467 e. The lowest BCUT2D eigenvalue weighted by Crippen LogP contribution is -2.10. The summed E-state index contributed by atoms with van der Waals surface area (Å²) in [5.41, 5.74) is 4.13. The number of carbonyl (C=O) groups excluding carboxylic acids is 1. The number of rotatable bonds is 3. The van der Waals surface area contributed by atoms with Crippen molar-refractivity contribution in [3.8, 4) is 17.1 Å². The lowest BCUT2D eigenvalue weighted by Gasteiger charge is -2.21. The first-order chi connectivity index (χ1) is 13.7. The first-order valence-corrected chi connectivity index (χ1v) is 8.96. The molecule has 5 rings (SSSR count). The van der Waals surface area contributed by atoms with Gasteiger partial charge in [-0.2, -0.15) is 15.0 Å². The third-order valence-corrected chi connectivity index (χ3v) is 4.93. The smallest absolute Gasteiger partial charge is 0.322 e. The van der Waals surface area contributed by atoms with Crippen LogP contribution in [0.3, 0.4) is 0 Å². The van der Waals surface area contributed by atoms with E-state index in [0.29, 0.717) is 5.56 Å². The van der Waals surface area contributed by atoms with Crippen molar-refractivity contribution in [2.75, 3.05) is 12.4 Å². The second-order valence-electron chi connectivity index (χ2n) is 6.30. The molecule has 0 radical (unpaired) electrons. The maximum atomic E-state index is 13.0. The van der Waals surface area contributed by atoms with E-state index in [1.165, 1.54) is 7.11 Å². The Morgan fingerprint density at radius 1 is 0.857 bits per heavy atom. The zero-order valence-electron chi connectivity index (χ0n) is 14.7. The Hall–Kier alpha value is -3.51. The highest BCUT2D eigenvalue weighted by Crippen LogP contribution is 2.42. The fraction of sp³-hybridized carbons (Fsp3) is 0.0476. The molecule has 1 aromatic heterocycles. The van der Waals surface area contributed by atoms with Crippen LogP contribution < -0.4 is 10.1 Å². The number of carbonyl (C=O) groups is 1. The number of ketones is 1. The molecule has 0 saturated heterocycles. The predicted octanol–water partition coefficient (Wildman–Crippen LogP) is 4.64. The van der Waals surface area contributed by atoms with E-state index in [2.05, 4.69) is 20.3 Å². The number of anilines is 2. The monoisotopic (exact) mass is 388 g/mol. The molecular weight excluding hydrogens is 376 g/mol. The Labute approximate surface area is 165 Å². The van der Waals surface area contributed by atoms with Crippen molar-refractivity contribution in [3.63, 3.8) is 0 Å². The lowest BCUT2D eigenvalue weighted by molar-refractivity contribution is 0.104. The van der Waals surface area contributed by atoms with E-state index in [9.17, 15) is 4.79 Å². The van der Waals surface area contributed by atoms with Gasteiger partial charge in [0, 0.05) is 27.6 Å². The van der Waals surface area contributed by atoms with Crippen molar-refractivity contribution in [1.29, 1.82) is 0 Å². The number of nitrogens with one attached hydrogen (secondary N) is 1. The molecule has 0 saturated carbocycles. The summed E-state index contributed by atoms with van der Waals surface area (Å²) in [5.74, 6) is 0.288. The van der Waals surface area contributed by atoms with E-state index in [0.717, 1.165) is 33.2 Å². The van der Waals surface area contributed by atoms with Gasteiger partial charge in [-0.3, -0.25) is 4.79 Å². The normalized spacial score (nSPS) is 12.0. The average Bonchev–Trinajstić information content (AvgIpc) is 2.72. The predicted molar refractivity (Wildman–Crippen MR) is 107 cm³/mol. The van der Waals surface area contributed by atoms with Gasteiger partial charge in [-0.1, -0.05) is 48.5 Å². The molecule has 7 heteroatoms. The molecule has 1 aliphatic rings. The highest BCUT2D eigenvalue weighted by atomic mass is 35.5. The number of ether oxygens (including phenoxy) is 1. The minimum atomic E-state index is 0.0238. The van der Waals surface area contributed by atoms with Crippen LogP contribution in [0.1, 0.15) is 15.9 Å². The molecule has 0 fully saturated rings. The number of fused-ring (bicyclic) bond motifs is 2. The van der Waals surface area contributed by atoms with Gasteiger partial charge < -0.3 is 10.1 Å². The first-order valence-electron chi connectivity index (χ1n) is 8.58. The van der Waals surface area contributed by atoms with Crippen molar-refractivity contribution in [2.45, 2.75) is 0 Å². The zero-order chi connectivity index (χ0) is 19.3. The molecule has 0 amide bonds. The van der Waals surface area contributed by atoms with E-state index >= 15 is 0 Å². The summed E-state index contributed by atoms with van der Waals surface area (Å²) >= 11 is 5.94. The fourth-order valence-electron chi connectivity index (χ4n) is 3.59. The lowest BCUT2D eigenvalue weighted by atomic mass is 9.82. The number of hydrogen-bond acceptors (Lipinski definition) is 6. The number of methoxy groups -OCH3 is 1. The maximum Gasteiger partial charge on any atom is 0.322 e. The second kappa shape index (κ2) is 6.28. The standard InChI is InChI=1S/C21H13ClN4O2/c1-28-21-25-19(22)24-20(26-21)23-16-10-9-12-11-5-2-3-6-13(11)18(27)15-8-4-7-14(16)17(12)15/h2-10H,1H3,(H,23,24,25,26). The molecular formula is C21H13ClN4O2. The summed E-state index contributed by atoms with van der Waals surface area (Å²) in [6, 6.07) is 17.4. The van der Waals surface area contributed by atoms with Crippen LogP contribution in [-0.2, 0) is 0 Å². The van der Waals surface area contributed by atoms with Crippen LogP contribution >= 0.6 is 11.6 Å². The Balaban J connectivity index is 1.71. The topological polar surface area (TPSA) is 77.0 Å². The van der Waals surface area contributed by atoms with Crippen molar-refractivity contribution in [1.82, 2.24) is 15.0 Å². The van der Waals surface area contributed by atoms with Gasteiger partial charge in [-0.15, -0.1) is 0 Å². The molecule has 28 heavy (non-hydrogen) atoms. The molecule has 1 heterocycles. The third kappa shape index (κ3) is 2.50. The number of aromatic nitrogens is 3. The average molecular weight is 389 g/mol. The molecule has 0 spiro atoms. The third-order valence-electron chi connectivity index (χ3n) is 4.76. The van der Waals surface area contributed by atoms with Crippen molar-refractivity contribution >= 4 is 39.8 Å². The SMILES string of the molecule is COc1nc(Cl)nc(Nc2ccc3c4c(cccc24)C(=O)c2ccccc2-3)n1. The summed E-state index contributed by atoms with van der Waals surface area (Å²) in [4.78, 5) is 25.2. The quantitative estimate of drug-likeness (QED) is 0.485. The van der Waals surface area contributed by atoms with Gasteiger partial charge in [0.15, 0.2) is 5.78 Å². The summed E-state index contributed by atoms with van der Waals surface area (Å²) in [6.45, 7) is 0. The Kier molecular flexibility index (Phi) is 3.74. The largest absolute Gasteiger partial charge is 0.467 e. The molecule has 0 bridgehead atoms. The first kappa shape index (κ1) is 16.6. The Morgan fingerprint density at radius 3 is 2.46 bits per heavy atom. The molecule has 136 valence electrons. The van der Waals surface area contributed by atoms with Gasteiger partial charge in [0.1, 0.15) is 0 Å². The van der Waals surface area contributed by atoms with Crippen LogP contribution in [0.5, 0.6) is 6.01 Å². The van der Waals surface area contributed by atoms with E-state index < -0.39 is 0 Å². The van der Waals surface area contributed by atoms with Crippen LogP contribution in [0.4, 0.5) is 11.6 Å². The molecule has 0 aliphatic heterocycles. The van der Waals surface area contributed by atoms with Gasteiger partial charge in [0.05, 0.1) is 7.11 Å². The molecule has 6 nitrogen and oxygen atoms in total. The highest BCUT2D eigenvalue weighted by molar-refractivity contribution is 6.28. The summed E-state index contributed by atoms with van der Waals surface area (Å²) < 4.78 is 5.05. The van der Waals surface area contributed by atoms with Crippen LogP contribution in [0, 0.1) is 0 Å². The number of halogens is 1. The molecule has 1 aliphatic carbocycles. The number of nitrogens with zero attached hydrogens (tertiary/aromatic N) is 3. The molecule has 4 aromatic rings. The molecule has 1 N–H and O–H groups in total. The zero-order valence-corrected chi connectivity index (χ0v) is 15.5. The van der Waals surface area contributed by atoms with Gasteiger partial charge in [0.25, 0.3) is 0 Å². The molecule has 0 unspecified atom stereocenters. The second-order valence-corrected chi connectivity index (χ2v) is 6.64. The van der Waals surface area contributed by atoms with Crippen molar-refractivity contribution < 1.29 is 9.53 Å². The maximum absolute atomic E-state index is 13.0. The van der Waals surface area contributed by atoms with E-state index in [1.807, 2.05) is 54.6 Å². The summed E-state index contributed by atoms with van der Waals surface area (Å²) in [6.07, 6.45) is 0. The molecule has 3 aromatic carbocycles. The van der Waals surface area contributed by atoms with E-state index in [1.54, 1.807) is 0 Å². The molecule has 0 atom stereocenters. The van der Waals surface area contributed by atoms with Crippen LogP contribution in [0.25, 0.3) is 21.9 Å². The van der Waals surface area contributed by atoms with Gasteiger partial charge in [-0.25, -0.2) is 0 Å². The Morgan fingerprint density at radius 2 is 1.64 bits per heavy atom. The van der Waals surface area contributed by atoms with Crippen LogP contribution in [0.2, 0.25) is 5.28 Å². The van der Waals surface area contributed by atoms with Crippen LogP contribution in [0.15, 0.2) is 54.6 Å². The minimum absolute atomic E-state index is 0.0238. The van der Waals surface area contributed by atoms with Gasteiger partial charge in [-0.05, 0) is 28.8 Å². The fourth-order valence-corrected chi connectivity index (χ4v) is 3.74. The van der Waals surface area contributed by atoms with Crippen LogP contribution in [-0.4, -0.2) is 27.8 Å². The summed E-state index contributed by atoms with van der Waals surface area (Å²) in [5, 5.41) is 5.00. The van der Waals surface area contributed by atoms with E-state index in [4.69, 9.17) is 16.3 Å². The Bertz CT molecular complexity index is 1270. The van der Waals surface area contributed by atoms with Gasteiger partial charge >= 0.3 is 6.01 Å². The number of hydrogen-bond donors (Lipinski definition) is 1. The van der Waals surface area contributed by atoms with E-state index in [-0.39, 0.29) is 23.0 Å². The number of benzene rings is 3. The summed E-state index contributed by atoms with van der Waals surface area (Å²) in [7, 11) is 1.46. The highest BCUT2D eigenvalue weighted by Gasteiger charge is 2.25.